The number of nitrogens with zero attached hydrogens (tertiary/aromatic N) is 1. The average Bonchev–Trinajstić information content (AvgIpc) is 2.70. The van der Waals surface area contributed by atoms with Gasteiger partial charge in [0.05, 0.1) is 5.69 Å². The Hall–Kier alpha value is -2.78. The number of aryl methyl sites for hydroxylation is 1. The van der Waals surface area contributed by atoms with Crippen LogP contribution in [0.2, 0.25) is 0 Å². The first-order valence-corrected chi connectivity index (χ1v) is 9.50. The Morgan fingerprint density at radius 1 is 0.885 bits per heavy atom. The largest absolute Gasteiger partial charge is 0.439 e. The Balaban J connectivity index is 1.79. The maximum atomic E-state index is 5.96. The molecule has 3 rings (SSSR count). The van der Waals surface area contributed by atoms with Crippen molar-refractivity contribution in [1.82, 2.24) is 0 Å². The Morgan fingerprint density at radius 3 is 2.19 bits per heavy atom. The first-order chi connectivity index (χ1) is 12.8. The number of thioether (sulfide) groups is 1. The lowest BCUT2D eigenvalue weighted by Crippen LogP contribution is -2.04. The van der Waals surface area contributed by atoms with Gasteiger partial charge >= 0.3 is 0 Å². The topological polar surface area (TPSA) is 21.6 Å². The fraction of sp³-hybridized carbons (Fsp3) is 0.0870. The van der Waals surface area contributed by atoms with Crippen LogP contribution in [0.15, 0.2) is 106 Å². The third kappa shape index (κ3) is 5.64. The zero-order valence-corrected chi connectivity index (χ0v) is 15.5. The third-order valence-electron chi connectivity index (χ3n) is 3.71. The van der Waals surface area contributed by atoms with Crippen LogP contribution in [0.5, 0.6) is 5.75 Å². The molecule has 0 N–H and O–H groups in total. The summed E-state index contributed by atoms with van der Waals surface area (Å²) in [6, 6.07) is 28.2. The van der Waals surface area contributed by atoms with E-state index in [1.165, 1.54) is 10.5 Å². The molecular formula is C23H21NOS. The fourth-order valence-corrected chi connectivity index (χ4v) is 2.96. The van der Waals surface area contributed by atoms with Crippen molar-refractivity contribution in [3.63, 3.8) is 0 Å². The lowest BCUT2D eigenvalue weighted by atomic mass is 10.1. The van der Waals surface area contributed by atoms with Crippen LogP contribution in [0, 0.1) is 0 Å². The van der Waals surface area contributed by atoms with Crippen LogP contribution in [-0.4, -0.2) is 5.90 Å². The van der Waals surface area contributed by atoms with E-state index in [-0.39, 0.29) is 0 Å². The van der Waals surface area contributed by atoms with Gasteiger partial charge in [-0.05, 0) is 53.8 Å². The van der Waals surface area contributed by atoms with E-state index in [1.54, 1.807) is 11.8 Å². The Labute approximate surface area is 159 Å². The molecule has 0 atom stereocenters. The number of hydrogen-bond acceptors (Lipinski definition) is 3. The Kier molecular flexibility index (Phi) is 6.68. The van der Waals surface area contributed by atoms with E-state index in [0.717, 1.165) is 17.9 Å². The molecule has 0 unspecified atom stereocenters. The van der Waals surface area contributed by atoms with Gasteiger partial charge in [0, 0.05) is 11.0 Å². The van der Waals surface area contributed by atoms with Crippen molar-refractivity contribution < 1.29 is 4.74 Å². The number of rotatable bonds is 6. The van der Waals surface area contributed by atoms with Crippen molar-refractivity contribution in [1.29, 1.82) is 0 Å². The minimum atomic E-state index is 0.559. The monoisotopic (exact) mass is 359 g/mol. The molecule has 130 valence electrons. The van der Waals surface area contributed by atoms with Crippen LogP contribution in [0.4, 0.5) is 5.69 Å². The molecule has 0 aliphatic heterocycles. The van der Waals surface area contributed by atoms with Crippen molar-refractivity contribution in [2.24, 2.45) is 4.99 Å². The van der Waals surface area contributed by atoms with Crippen LogP contribution < -0.4 is 4.74 Å². The van der Waals surface area contributed by atoms with Crippen molar-refractivity contribution in [3.05, 3.63) is 102 Å². The first-order valence-electron chi connectivity index (χ1n) is 8.62. The van der Waals surface area contributed by atoms with E-state index in [2.05, 4.69) is 36.2 Å². The molecule has 0 fully saturated rings. The summed E-state index contributed by atoms with van der Waals surface area (Å²) in [6.07, 6.45) is 2.92. The number of benzene rings is 3. The summed E-state index contributed by atoms with van der Waals surface area (Å²) in [6.45, 7) is 2.14. The van der Waals surface area contributed by atoms with Gasteiger partial charge in [-0.3, -0.25) is 0 Å². The van der Waals surface area contributed by atoms with Gasteiger partial charge in [0.2, 0.25) is 5.90 Å². The molecule has 26 heavy (non-hydrogen) atoms. The van der Waals surface area contributed by atoms with Gasteiger partial charge in [-0.25, -0.2) is 4.99 Å². The quantitative estimate of drug-likeness (QED) is 0.279. The molecule has 0 heterocycles. The predicted octanol–water partition coefficient (Wildman–Crippen LogP) is 6.66. The highest BCUT2D eigenvalue weighted by molar-refractivity contribution is 8.02. The Bertz CT molecular complexity index is 856. The number of para-hydroxylation sites is 1. The highest BCUT2D eigenvalue weighted by Crippen LogP contribution is 2.20. The van der Waals surface area contributed by atoms with Crippen molar-refractivity contribution in [2.75, 3.05) is 0 Å². The second kappa shape index (κ2) is 9.64. The highest BCUT2D eigenvalue weighted by atomic mass is 32.2. The molecule has 0 saturated carbocycles. The fourth-order valence-electron chi connectivity index (χ4n) is 2.31. The smallest absolute Gasteiger partial charge is 0.220 e. The lowest BCUT2D eigenvalue weighted by molar-refractivity contribution is 0.556. The lowest BCUT2D eigenvalue weighted by Gasteiger charge is -2.06. The van der Waals surface area contributed by atoms with Crippen molar-refractivity contribution in [2.45, 2.75) is 18.2 Å². The predicted molar refractivity (Wildman–Crippen MR) is 111 cm³/mol. The Morgan fingerprint density at radius 2 is 1.54 bits per heavy atom. The average molecular weight is 359 g/mol. The summed E-state index contributed by atoms with van der Waals surface area (Å²) in [5.41, 5.74) is 2.17. The molecule has 3 aromatic carbocycles. The molecule has 0 bridgehead atoms. The SMILES string of the molecule is CCc1ccc(N=C(C=CSc2ccccc2)Oc2ccccc2)cc1. The van der Waals surface area contributed by atoms with Crippen LogP contribution in [-0.2, 0) is 6.42 Å². The van der Waals surface area contributed by atoms with Crippen LogP contribution in [0.25, 0.3) is 0 Å². The summed E-state index contributed by atoms with van der Waals surface area (Å²) in [5, 5.41) is 2.00. The molecular weight excluding hydrogens is 338 g/mol. The summed E-state index contributed by atoms with van der Waals surface area (Å²) < 4.78 is 5.96. The van der Waals surface area contributed by atoms with E-state index in [1.807, 2.05) is 72.1 Å². The van der Waals surface area contributed by atoms with Crippen LogP contribution in [0.1, 0.15) is 12.5 Å². The molecule has 0 saturated heterocycles. The van der Waals surface area contributed by atoms with E-state index in [0.29, 0.717) is 5.90 Å². The van der Waals surface area contributed by atoms with Gasteiger partial charge < -0.3 is 4.74 Å². The second-order valence-corrected chi connectivity index (χ2v) is 6.60. The minimum absolute atomic E-state index is 0.559. The van der Waals surface area contributed by atoms with Crippen LogP contribution >= 0.6 is 11.8 Å². The van der Waals surface area contributed by atoms with Gasteiger partial charge in [0.25, 0.3) is 0 Å². The molecule has 0 aliphatic rings. The molecule has 3 aromatic rings. The van der Waals surface area contributed by atoms with Gasteiger partial charge in [0.15, 0.2) is 0 Å². The molecule has 0 amide bonds. The van der Waals surface area contributed by atoms with E-state index in [9.17, 15) is 0 Å². The van der Waals surface area contributed by atoms with E-state index >= 15 is 0 Å². The van der Waals surface area contributed by atoms with E-state index in [4.69, 9.17) is 4.74 Å². The van der Waals surface area contributed by atoms with E-state index < -0.39 is 0 Å². The maximum Gasteiger partial charge on any atom is 0.220 e. The number of ether oxygens (including phenoxy) is 1. The third-order valence-corrected chi connectivity index (χ3v) is 4.52. The zero-order valence-electron chi connectivity index (χ0n) is 14.7. The second-order valence-electron chi connectivity index (χ2n) is 5.62. The van der Waals surface area contributed by atoms with Crippen LogP contribution in [0.3, 0.4) is 0 Å². The molecule has 0 aliphatic carbocycles. The molecule has 2 nitrogen and oxygen atoms in total. The molecule has 0 aromatic heterocycles. The first kappa shape index (κ1) is 18.0. The van der Waals surface area contributed by atoms with Gasteiger partial charge in [-0.2, -0.15) is 0 Å². The molecule has 0 spiro atoms. The van der Waals surface area contributed by atoms with Gasteiger partial charge in [0.1, 0.15) is 5.75 Å². The van der Waals surface area contributed by atoms with Crippen molar-refractivity contribution >= 4 is 23.3 Å². The number of hydrogen-bond donors (Lipinski definition) is 0. The summed E-state index contributed by atoms with van der Waals surface area (Å²) in [5.74, 6) is 1.33. The maximum absolute atomic E-state index is 5.96. The van der Waals surface area contributed by atoms with Gasteiger partial charge in [-0.1, -0.05) is 67.2 Å². The summed E-state index contributed by atoms with van der Waals surface area (Å²) in [4.78, 5) is 5.83. The zero-order chi connectivity index (χ0) is 18.0. The standard InChI is InChI=1S/C23H21NOS/c1-2-19-13-15-20(16-14-19)24-23(25-21-9-5-3-6-10-21)17-18-26-22-11-7-4-8-12-22/h3-18H,2H2,1H3. The number of aliphatic imine (C=N–C) groups is 1. The molecule has 3 heteroatoms. The minimum Gasteiger partial charge on any atom is -0.439 e. The molecule has 0 radical (unpaired) electrons. The summed E-state index contributed by atoms with van der Waals surface area (Å²) in [7, 11) is 0. The normalized spacial score (nSPS) is 11.7. The summed E-state index contributed by atoms with van der Waals surface area (Å²) >= 11 is 1.63. The van der Waals surface area contributed by atoms with Gasteiger partial charge in [-0.15, -0.1) is 0 Å². The highest BCUT2D eigenvalue weighted by Gasteiger charge is 2.01. The van der Waals surface area contributed by atoms with Crippen molar-refractivity contribution in [3.8, 4) is 5.75 Å².